The molecule has 0 fully saturated rings. The quantitative estimate of drug-likeness (QED) is 0.672. The monoisotopic (exact) mass is 429 g/mol. The molecule has 2 aromatic rings. The molecule has 2 amide bonds. The topological polar surface area (TPSA) is 80.3 Å². The molecule has 2 N–H and O–H groups in total. The number of nitrogens with zero attached hydrogens (tertiary/aromatic N) is 1. The average molecular weight is 430 g/mol. The minimum Gasteiger partial charge on any atom is -0.484 e. The SMILES string of the molecule is CC(=O)Nc1cccc(OCC(=O)Nc2nc3c(s2)CCCCCCCCCC3)c1. The third-order valence-corrected chi connectivity index (χ3v) is 6.19. The Morgan fingerprint density at radius 1 is 1.00 bits per heavy atom. The summed E-state index contributed by atoms with van der Waals surface area (Å²) in [5, 5.41) is 6.25. The molecule has 1 aromatic carbocycles. The number of hydrogen-bond acceptors (Lipinski definition) is 5. The second-order valence-electron chi connectivity index (χ2n) is 7.76. The van der Waals surface area contributed by atoms with Crippen molar-refractivity contribution in [1.29, 1.82) is 0 Å². The molecule has 1 aliphatic carbocycles. The molecule has 7 heteroatoms. The fourth-order valence-corrected chi connectivity index (χ4v) is 4.70. The van der Waals surface area contributed by atoms with E-state index in [-0.39, 0.29) is 18.4 Å². The van der Waals surface area contributed by atoms with E-state index in [1.165, 1.54) is 56.7 Å². The number of benzene rings is 1. The van der Waals surface area contributed by atoms with Gasteiger partial charge in [0.15, 0.2) is 11.7 Å². The molecule has 0 saturated heterocycles. The summed E-state index contributed by atoms with van der Waals surface area (Å²) in [6.45, 7) is 1.35. The highest BCUT2D eigenvalue weighted by molar-refractivity contribution is 7.15. The normalized spacial score (nSPS) is 15.2. The van der Waals surface area contributed by atoms with Crippen LogP contribution in [0.3, 0.4) is 0 Å². The molecule has 6 nitrogen and oxygen atoms in total. The number of aryl methyl sites for hydroxylation is 2. The molecular formula is C23H31N3O3S. The van der Waals surface area contributed by atoms with Crippen molar-refractivity contribution in [1.82, 2.24) is 4.98 Å². The van der Waals surface area contributed by atoms with Crippen molar-refractivity contribution < 1.29 is 14.3 Å². The van der Waals surface area contributed by atoms with Gasteiger partial charge in [-0.15, -0.1) is 11.3 Å². The van der Waals surface area contributed by atoms with Gasteiger partial charge in [-0.25, -0.2) is 4.98 Å². The van der Waals surface area contributed by atoms with Gasteiger partial charge in [-0.3, -0.25) is 14.9 Å². The Kier molecular flexibility index (Phi) is 8.68. The highest BCUT2D eigenvalue weighted by atomic mass is 32.1. The van der Waals surface area contributed by atoms with E-state index in [2.05, 4.69) is 10.6 Å². The van der Waals surface area contributed by atoms with Gasteiger partial charge in [0, 0.05) is 23.6 Å². The van der Waals surface area contributed by atoms with Crippen LogP contribution in [0.4, 0.5) is 10.8 Å². The van der Waals surface area contributed by atoms with Crippen LogP contribution in [0, 0.1) is 0 Å². The first-order chi connectivity index (χ1) is 14.6. The lowest BCUT2D eigenvalue weighted by atomic mass is 10.0. The molecule has 0 bridgehead atoms. The second kappa shape index (κ2) is 11.7. The van der Waals surface area contributed by atoms with E-state index in [1.54, 1.807) is 35.6 Å². The molecule has 1 aromatic heterocycles. The molecule has 0 spiro atoms. The molecule has 30 heavy (non-hydrogen) atoms. The number of fused-ring (bicyclic) bond motifs is 1. The summed E-state index contributed by atoms with van der Waals surface area (Å²) >= 11 is 1.60. The van der Waals surface area contributed by atoms with Gasteiger partial charge in [0.2, 0.25) is 5.91 Å². The highest BCUT2D eigenvalue weighted by Crippen LogP contribution is 2.27. The van der Waals surface area contributed by atoms with Gasteiger partial charge in [-0.1, -0.05) is 44.6 Å². The number of carbonyl (C=O) groups is 2. The van der Waals surface area contributed by atoms with Crippen molar-refractivity contribution in [2.24, 2.45) is 0 Å². The van der Waals surface area contributed by atoms with E-state index >= 15 is 0 Å². The van der Waals surface area contributed by atoms with Crippen LogP contribution in [0.2, 0.25) is 0 Å². The fourth-order valence-electron chi connectivity index (χ4n) is 3.64. The van der Waals surface area contributed by atoms with E-state index in [1.807, 2.05) is 0 Å². The maximum Gasteiger partial charge on any atom is 0.264 e. The van der Waals surface area contributed by atoms with Crippen LogP contribution in [0.1, 0.15) is 68.9 Å². The van der Waals surface area contributed by atoms with Gasteiger partial charge in [-0.05, 0) is 37.8 Å². The zero-order valence-electron chi connectivity index (χ0n) is 17.7. The largest absolute Gasteiger partial charge is 0.484 e. The van der Waals surface area contributed by atoms with Crippen molar-refractivity contribution in [3.8, 4) is 5.75 Å². The number of ether oxygens (including phenoxy) is 1. The summed E-state index contributed by atoms with van der Waals surface area (Å²) in [5.74, 6) is 0.147. The van der Waals surface area contributed by atoms with Crippen LogP contribution in [-0.2, 0) is 22.4 Å². The van der Waals surface area contributed by atoms with Crippen LogP contribution in [-0.4, -0.2) is 23.4 Å². The Balaban J connectivity index is 1.54. The number of nitrogens with one attached hydrogen (secondary N) is 2. The Morgan fingerprint density at radius 2 is 1.70 bits per heavy atom. The van der Waals surface area contributed by atoms with Gasteiger partial charge in [0.05, 0.1) is 5.69 Å². The smallest absolute Gasteiger partial charge is 0.264 e. The first kappa shape index (κ1) is 22.3. The predicted molar refractivity (Wildman–Crippen MR) is 121 cm³/mol. The fraction of sp³-hybridized carbons (Fsp3) is 0.522. The summed E-state index contributed by atoms with van der Waals surface area (Å²) in [6, 6.07) is 6.99. The van der Waals surface area contributed by atoms with Crippen LogP contribution < -0.4 is 15.4 Å². The van der Waals surface area contributed by atoms with Gasteiger partial charge >= 0.3 is 0 Å². The number of carbonyl (C=O) groups excluding carboxylic acids is 2. The van der Waals surface area contributed by atoms with E-state index < -0.39 is 0 Å². The van der Waals surface area contributed by atoms with Gasteiger partial charge < -0.3 is 10.1 Å². The Labute approximate surface area is 182 Å². The summed E-state index contributed by atoms with van der Waals surface area (Å²) in [4.78, 5) is 29.5. The molecule has 162 valence electrons. The minimum absolute atomic E-state index is 0.103. The Morgan fingerprint density at radius 3 is 2.43 bits per heavy atom. The van der Waals surface area contributed by atoms with Crippen LogP contribution in [0.15, 0.2) is 24.3 Å². The van der Waals surface area contributed by atoms with Gasteiger partial charge in [0.25, 0.3) is 5.91 Å². The number of aromatic nitrogens is 1. The Bertz CT molecular complexity index is 820. The minimum atomic E-state index is -0.232. The number of rotatable bonds is 5. The van der Waals surface area contributed by atoms with E-state index in [9.17, 15) is 9.59 Å². The molecule has 1 aliphatic rings. The maximum atomic E-state index is 12.4. The second-order valence-corrected chi connectivity index (χ2v) is 8.85. The average Bonchev–Trinajstić information content (AvgIpc) is 3.07. The van der Waals surface area contributed by atoms with Crippen molar-refractivity contribution in [3.05, 3.63) is 34.8 Å². The van der Waals surface area contributed by atoms with Crippen molar-refractivity contribution in [3.63, 3.8) is 0 Å². The van der Waals surface area contributed by atoms with E-state index in [4.69, 9.17) is 9.72 Å². The predicted octanol–water partition coefficient (Wildman–Crippen LogP) is 5.34. The van der Waals surface area contributed by atoms with Crippen molar-refractivity contribution >= 4 is 34.0 Å². The third kappa shape index (κ3) is 7.44. The van der Waals surface area contributed by atoms with Crippen molar-refractivity contribution in [2.45, 2.75) is 71.1 Å². The lowest BCUT2D eigenvalue weighted by Crippen LogP contribution is -2.20. The number of hydrogen-bond donors (Lipinski definition) is 2. The van der Waals surface area contributed by atoms with Crippen LogP contribution in [0.25, 0.3) is 0 Å². The first-order valence-corrected chi connectivity index (χ1v) is 11.7. The molecule has 0 aliphatic heterocycles. The van der Waals surface area contributed by atoms with Crippen LogP contribution >= 0.6 is 11.3 Å². The maximum absolute atomic E-state index is 12.4. The lowest BCUT2D eigenvalue weighted by molar-refractivity contribution is -0.118. The van der Waals surface area contributed by atoms with Gasteiger partial charge in [-0.2, -0.15) is 0 Å². The zero-order valence-corrected chi connectivity index (χ0v) is 18.5. The molecule has 0 atom stereocenters. The Hall–Kier alpha value is -2.41. The lowest BCUT2D eigenvalue weighted by Gasteiger charge is -2.08. The summed E-state index contributed by atoms with van der Waals surface area (Å²) in [5.41, 5.74) is 1.79. The third-order valence-electron chi connectivity index (χ3n) is 5.12. The number of anilines is 2. The molecule has 0 unspecified atom stereocenters. The summed E-state index contributed by atoms with van der Waals surface area (Å²) in [7, 11) is 0. The molecular weight excluding hydrogens is 398 g/mol. The molecule has 3 rings (SSSR count). The number of amides is 2. The number of thiazole rings is 1. The standard InChI is InChI=1S/C23H31N3O3S/c1-17(27)24-18-11-10-12-19(15-18)29-16-22(28)26-23-25-20-13-8-6-4-2-3-5-7-9-14-21(20)30-23/h10-12,15H,2-9,13-14,16H2,1H3,(H,24,27)(H,25,26,28). The van der Waals surface area contributed by atoms with Gasteiger partial charge in [0.1, 0.15) is 5.75 Å². The van der Waals surface area contributed by atoms with E-state index in [0.29, 0.717) is 16.6 Å². The summed E-state index contributed by atoms with van der Waals surface area (Å²) in [6.07, 6.45) is 12.2. The van der Waals surface area contributed by atoms with Crippen molar-refractivity contribution in [2.75, 3.05) is 17.2 Å². The molecule has 0 saturated carbocycles. The van der Waals surface area contributed by atoms with Crippen LogP contribution in [0.5, 0.6) is 5.75 Å². The van der Waals surface area contributed by atoms with E-state index in [0.717, 1.165) is 25.0 Å². The summed E-state index contributed by atoms with van der Waals surface area (Å²) < 4.78 is 5.58. The molecule has 0 radical (unpaired) electrons. The highest BCUT2D eigenvalue weighted by Gasteiger charge is 2.14. The first-order valence-electron chi connectivity index (χ1n) is 10.9. The molecule has 1 heterocycles. The zero-order chi connectivity index (χ0) is 21.2.